The highest BCUT2D eigenvalue weighted by Gasteiger charge is 2.41. The molecule has 1 N–H and O–H groups in total. The highest BCUT2D eigenvalue weighted by molar-refractivity contribution is 7.80. The third-order valence-corrected chi connectivity index (χ3v) is 6.36. The summed E-state index contributed by atoms with van der Waals surface area (Å²) in [6.07, 6.45) is 5.56. The van der Waals surface area contributed by atoms with Crippen LogP contribution in [0.1, 0.15) is 40.3 Å². The molecule has 3 aromatic rings. The number of aromatic nitrogens is 3. The molecule has 0 bridgehead atoms. The van der Waals surface area contributed by atoms with Crippen LogP contribution in [-0.4, -0.2) is 56.6 Å². The van der Waals surface area contributed by atoms with Gasteiger partial charge in [0.1, 0.15) is 0 Å². The Balaban J connectivity index is 1.73. The Morgan fingerprint density at radius 3 is 2.55 bits per heavy atom. The lowest BCUT2D eigenvalue weighted by molar-refractivity contribution is 0.277. The number of rotatable bonds is 7. The minimum absolute atomic E-state index is 0.0192. The van der Waals surface area contributed by atoms with Crippen LogP contribution in [0.2, 0.25) is 0 Å². The van der Waals surface area contributed by atoms with Crippen LogP contribution in [0.25, 0.3) is 0 Å². The largest absolute Gasteiger partial charge is 0.352 e. The monoisotopic (exact) mass is 434 g/mol. The van der Waals surface area contributed by atoms with Gasteiger partial charge in [0.2, 0.25) is 0 Å². The molecule has 0 aromatic carbocycles. The number of thiocarbonyl (C=S) groups is 1. The minimum atomic E-state index is 0.0192. The predicted molar refractivity (Wildman–Crippen MR) is 128 cm³/mol. The van der Waals surface area contributed by atoms with Crippen LogP contribution in [0.3, 0.4) is 0 Å². The molecule has 0 saturated carbocycles. The van der Waals surface area contributed by atoms with Crippen LogP contribution in [0.5, 0.6) is 0 Å². The van der Waals surface area contributed by atoms with Crippen molar-refractivity contribution in [1.82, 2.24) is 29.7 Å². The van der Waals surface area contributed by atoms with Crippen molar-refractivity contribution in [3.63, 3.8) is 0 Å². The molecule has 0 radical (unpaired) electrons. The predicted octanol–water partition coefficient (Wildman–Crippen LogP) is 3.48. The molecule has 1 saturated heterocycles. The van der Waals surface area contributed by atoms with Gasteiger partial charge in [-0.1, -0.05) is 6.07 Å². The van der Waals surface area contributed by atoms with Crippen LogP contribution in [0.15, 0.2) is 55.0 Å². The Bertz CT molecular complexity index is 1030. The van der Waals surface area contributed by atoms with Gasteiger partial charge >= 0.3 is 0 Å². The summed E-state index contributed by atoms with van der Waals surface area (Å²) in [5.74, 6) is 0. The van der Waals surface area contributed by atoms with Gasteiger partial charge in [-0.25, -0.2) is 0 Å². The second-order valence-corrected chi connectivity index (χ2v) is 8.78. The van der Waals surface area contributed by atoms with Crippen LogP contribution in [0.4, 0.5) is 0 Å². The van der Waals surface area contributed by atoms with E-state index < -0.39 is 0 Å². The fourth-order valence-corrected chi connectivity index (χ4v) is 4.67. The molecule has 7 heteroatoms. The maximum Gasteiger partial charge on any atom is 0.170 e. The van der Waals surface area contributed by atoms with Crippen molar-refractivity contribution < 1.29 is 0 Å². The average Bonchev–Trinajstić information content (AvgIpc) is 3.24. The van der Waals surface area contributed by atoms with E-state index in [1.54, 1.807) is 0 Å². The van der Waals surface area contributed by atoms with Crippen molar-refractivity contribution in [2.24, 2.45) is 0 Å². The van der Waals surface area contributed by atoms with Crippen molar-refractivity contribution in [3.8, 4) is 0 Å². The zero-order valence-electron chi connectivity index (χ0n) is 18.6. The van der Waals surface area contributed by atoms with Crippen molar-refractivity contribution in [3.05, 3.63) is 83.2 Å². The van der Waals surface area contributed by atoms with E-state index in [0.717, 1.165) is 30.4 Å². The summed E-state index contributed by atoms with van der Waals surface area (Å²) in [7, 11) is 4.19. The van der Waals surface area contributed by atoms with Crippen LogP contribution in [0, 0.1) is 13.8 Å². The normalized spacial score (nSPS) is 18.6. The first-order chi connectivity index (χ1) is 15.0. The van der Waals surface area contributed by atoms with E-state index in [1.165, 1.54) is 22.5 Å². The number of nitrogens with zero attached hydrogens (tertiary/aromatic N) is 5. The molecule has 0 aliphatic carbocycles. The van der Waals surface area contributed by atoms with Crippen molar-refractivity contribution in [2.45, 2.75) is 32.5 Å². The van der Waals surface area contributed by atoms with Gasteiger partial charge < -0.3 is 19.7 Å². The lowest BCUT2D eigenvalue weighted by atomic mass is 9.97. The lowest BCUT2D eigenvalue weighted by Gasteiger charge is -2.29. The molecule has 1 aliphatic heterocycles. The van der Waals surface area contributed by atoms with Gasteiger partial charge in [-0.2, -0.15) is 0 Å². The molecule has 6 nitrogen and oxygen atoms in total. The van der Waals surface area contributed by atoms with Gasteiger partial charge in [-0.3, -0.25) is 9.97 Å². The molecular weight excluding hydrogens is 404 g/mol. The molecule has 1 fully saturated rings. The van der Waals surface area contributed by atoms with E-state index in [0.29, 0.717) is 0 Å². The second-order valence-electron chi connectivity index (χ2n) is 8.39. The van der Waals surface area contributed by atoms with E-state index in [9.17, 15) is 0 Å². The third kappa shape index (κ3) is 4.48. The number of nitrogens with one attached hydrogen (secondary N) is 1. The fraction of sp³-hybridized carbons (Fsp3) is 0.375. The molecular formula is C24H30N6S. The van der Waals surface area contributed by atoms with Crippen LogP contribution in [-0.2, 0) is 6.54 Å². The van der Waals surface area contributed by atoms with E-state index in [2.05, 4.69) is 81.9 Å². The van der Waals surface area contributed by atoms with Gasteiger partial charge in [-0.15, -0.1) is 0 Å². The molecule has 1 aliphatic rings. The summed E-state index contributed by atoms with van der Waals surface area (Å²) >= 11 is 5.79. The van der Waals surface area contributed by atoms with E-state index in [4.69, 9.17) is 12.2 Å². The Morgan fingerprint density at radius 1 is 1.10 bits per heavy atom. The topological polar surface area (TPSA) is 49.2 Å². The Hall–Kier alpha value is -2.77. The zero-order chi connectivity index (χ0) is 22.0. The van der Waals surface area contributed by atoms with Crippen LogP contribution < -0.4 is 5.32 Å². The second kappa shape index (κ2) is 9.16. The lowest BCUT2D eigenvalue weighted by Crippen LogP contribution is -2.35. The molecule has 0 amide bonds. The van der Waals surface area contributed by atoms with Crippen molar-refractivity contribution in [1.29, 1.82) is 0 Å². The molecule has 2 unspecified atom stereocenters. The zero-order valence-corrected chi connectivity index (χ0v) is 19.4. The SMILES string of the molecule is Cc1cc(C2C(c3ccccn3)NC(=S)N2CCN(C)C)c(C)n1Cc1ccncc1. The number of likely N-dealkylation sites (N-methyl/N-ethyl adjacent to an activating group) is 1. The Labute approximate surface area is 189 Å². The molecule has 4 rings (SSSR count). The van der Waals surface area contributed by atoms with Crippen molar-refractivity contribution in [2.75, 3.05) is 27.2 Å². The third-order valence-electron chi connectivity index (χ3n) is 6.01. The van der Waals surface area contributed by atoms with E-state index in [-0.39, 0.29) is 12.1 Å². The molecule has 2 atom stereocenters. The maximum atomic E-state index is 5.79. The highest BCUT2D eigenvalue weighted by Crippen LogP contribution is 2.40. The highest BCUT2D eigenvalue weighted by atomic mass is 32.1. The number of hydrogen-bond acceptors (Lipinski definition) is 4. The van der Waals surface area contributed by atoms with Gasteiger partial charge in [0.15, 0.2) is 5.11 Å². The summed E-state index contributed by atoms with van der Waals surface area (Å²) in [6, 6.07) is 12.7. The standard InChI is InChI=1S/C24H30N6S/c1-17-15-20(18(2)30(17)16-19-8-11-25-12-9-19)23-22(21-7-5-6-10-26-21)27-24(31)29(23)14-13-28(3)4/h5-12,15,22-23H,13-14,16H2,1-4H3,(H,27,31). The fourth-order valence-electron chi connectivity index (χ4n) is 4.33. The summed E-state index contributed by atoms with van der Waals surface area (Å²) < 4.78 is 2.38. The first-order valence-corrected chi connectivity index (χ1v) is 11.0. The van der Waals surface area contributed by atoms with Gasteiger partial charge in [0, 0.05) is 49.6 Å². The molecule has 0 spiro atoms. The minimum Gasteiger partial charge on any atom is -0.352 e. The summed E-state index contributed by atoms with van der Waals surface area (Å²) in [5.41, 5.74) is 6.07. The van der Waals surface area contributed by atoms with Crippen molar-refractivity contribution >= 4 is 17.3 Å². The summed E-state index contributed by atoms with van der Waals surface area (Å²) in [6.45, 7) is 7.02. The van der Waals surface area contributed by atoms with Gasteiger partial charge in [-0.05, 0) is 81.6 Å². The number of hydrogen-bond donors (Lipinski definition) is 1. The molecule has 31 heavy (non-hydrogen) atoms. The van der Waals surface area contributed by atoms with E-state index >= 15 is 0 Å². The summed E-state index contributed by atoms with van der Waals surface area (Å²) in [4.78, 5) is 13.3. The average molecular weight is 435 g/mol. The molecule has 4 heterocycles. The summed E-state index contributed by atoms with van der Waals surface area (Å²) in [5, 5.41) is 4.35. The molecule has 162 valence electrons. The van der Waals surface area contributed by atoms with Gasteiger partial charge in [0.05, 0.1) is 17.8 Å². The van der Waals surface area contributed by atoms with Crippen LogP contribution >= 0.6 is 12.2 Å². The van der Waals surface area contributed by atoms with Gasteiger partial charge in [0.25, 0.3) is 0 Å². The van der Waals surface area contributed by atoms with E-state index in [1.807, 2.05) is 30.7 Å². The Kier molecular flexibility index (Phi) is 6.34. The number of aryl methyl sites for hydroxylation is 1. The maximum absolute atomic E-state index is 5.79. The first kappa shape index (κ1) is 21.5. The number of pyridine rings is 2. The smallest absolute Gasteiger partial charge is 0.170 e. The quantitative estimate of drug-likeness (QED) is 0.575. The Morgan fingerprint density at radius 2 is 1.87 bits per heavy atom. The first-order valence-electron chi connectivity index (χ1n) is 10.6. The molecule has 3 aromatic heterocycles.